The Labute approximate surface area is 69.2 Å². The van der Waals surface area contributed by atoms with Gasteiger partial charge < -0.3 is 0 Å². The second kappa shape index (κ2) is 3.74. The van der Waals surface area contributed by atoms with Gasteiger partial charge in [-0.05, 0) is 17.8 Å². The van der Waals surface area contributed by atoms with Gasteiger partial charge >= 0.3 is 0 Å². The molecule has 1 atom stereocenters. The summed E-state index contributed by atoms with van der Waals surface area (Å²) in [6.45, 7) is 8.48. The Bertz CT molecular complexity index is 135. The third-order valence-electron chi connectivity index (χ3n) is 1.49. The minimum absolute atomic E-state index is 0.273. The van der Waals surface area contributed by atoms with Crippen LogP contribution in [-0.4, -0.2) is 5.91 Å². The van der Waals surface area contributed by atoms with Gasteiger partial charge in [-0.25, -0.2) is 0 Å². The zero-order valence-corrected chi connectivity index (χ0v) is 7.90. The first-order valence-corrected chi connectivity index (χ1v) is 4.06. The molecule has 1 N–H and O–H groups in total. The molecular weight excluding hydrogens is 138 g/mol. The molecule has 0 rings (SSSR count). The zero-order chi connectivity index (χ0) is 9.07. The fourth-order valence-corrected chi connectivity index (χ4v) is 1.43. The lowest BCUT2D eigenvalue weighted by molar-refractivity contribution is -0.119. The highest BCUT2D eigenvalue weighted by atomic mass is 16.1. The summed E-state index contributed by atoms with van der Waals surface area (Å²) in [6, 6.07) is 0. The highest BCUT2D eigenvalue weighted by Gasteiger charge is 2.16. The minimum Gasteiger partial charge on any atom is -0.273 e. The Morgan fingerprint density at radius 3 is 2.18 bits per heavy atom. The summed E-state index contributed by atoms with van der Waals surface area (Å²) >= 11 is 0. The molecule has 0 aromatic carbocycles. The Hall–Kier alpha value is -0.530. The smallest absolute Gasteiger partial charge is 0.238 e. The molecule has 1 unspecified atom stereocenters. The number of rotatable bonds is 3. The van der Waals surface area contributed by atoms with Crippen molar-refractivity contribution in [2.45, 2.75) is 40.5 Å². The molecule has 2 nitrogen and oxygen atoms in total. The van der Waals surface area contributed by atoms with Crippen molar-refractivity contribution in [2.24, 2.45) is 11.3 Å². The van der Waals surface area contributed by atoms with E-state index in [1.807, 2.05) is 6.92 Å². The highest BCUT2D eigenvalue weighted by Crippen LogP contribution is 2.25. The van der Waals surface area contributed by atoms with Crippen molar-refractivity contribution in [1.29, 1.82) is 0 Å². The second-order valence-electron chi connectivity index (χ2n) is 4.50. The van der Waals surface area contributed by atoms with Gasteiger partial charge in [0.25, 0.3) is 0 Å². The summed E-state index contributed by atoms with van der Waals surface area (Å²) < 4.78 is 0. The fraction of sp³-hybridized carbons (Fsp3) is 0.889. The molecule has 0 saturated carbocycles. The third-order valence-corrected chi connectivity index (χ3v) is 1.49. The molecule has 65 valence electrons. The normalized spacial score (nSPS) is 14.5. The predicted molar refractivity (Wildman–Crippen MR) is 46.0 cm³/mol. The summed E-state index contributed by atoms with van der Waals surface area (Å²) in [5, 5.41) is 0. The molecule has 0 saturated heterocycles. The van der Waals surface area contributed by atoms with E-state index in [-0.39, 0.29) is 5.41 Å². The summed E-state index contributed by atoms with van der Waals surface area (Å²) in [5.41, 5.74) is 7.05. The van der Waals surface area contributed by atoms with Crippen LogP contribution in [0.25, 0.3) is 0 Å². The lowest BCUT2D eigenvalue weighted by Crippen LogP contribution is -2.14. The quantitative estimate of drug-likeness (QED) is 0.618. The lowest BCUT2D eigenvalue weighted by atomic mass is 9.84. The van der Waals surface area contributed by atoms with Gasteiger partial charge in [-0.3, -0.25) is 10.5 Å². The van der Waals surface area contributed by atoms with Crippen molar-refractivity contribution in [2.75, 3.05) is 0 Å². The van der Waals surface area contributed by atoms with Crippen LogP contribution in [0.15, 0.2) is 0 Å². The van der Waals surface area contributed by atoms with Crippen LogP contribution in [0.3, 0.4) is 0 Å². The number of amides is 1. The van der Waals surface area contributed by atoms with Crippen molar-refractivity contribution < 1.29 is 4.79 Å². The molecule has 0 spiro atoms. The van der Waals surface area contributed by atoms with Crippen LogP contribution >= 0.6 is 0 Å². The van der Waals surface area contributed by atoms with Gasteiger partial charge in [0.15, 0.2) is 0 Å². The van der Waals surface area contributed by atoms with Gasteiger partial charge in [0.2, 0.25) is 5.91 Å². The number of hydrogen-bond acceptors (Lipinski definition) is 1. The summed E-state index contributed by atoms with van der Waals surface area (Å²) in [4.78, 5) is 10.4. The predicted octanol–water partition coefficient (Wildman–Crippen LogP) is 2.26. The van der Waals surface area contributed by atoms with Gasteiger partial charge in [0, 0.05) is 6.42 Å². The van der Waals surface area contributed by atoms with Gasteiger partial charge in [-0.15, -0.1) is 0 Å². The van der Waals surface area contributed by atoms with Crippen molar-refractivity contribution in [1.82, 2.24) is 5.73 Å². The topological polar surface area (TPSA) is 40.9 Å². The third kappa shape index (κ3) is 7.37. The van der Waals surface area contributed by atoms with Crippen molar-refractivity contribution >= 4 is 5.91 Å². The summed E-state index contributed by atoms with van der Waals surface area (Å²) in [5.74, 6) is -0.0956. The van der Waals surface area contributed by atoms with Crippen LogP contribution in [0.1, 0.15) is 40.5 Å². The zero-order valence-electron chi connectivity index (χ0n) is 7.90. The molecule has 0 bridgehead atoms. The molecule has 0 fully saturated rings. The van der Waals surface area contributed by atoms with Gasteiger partial charge in [-0.2, -0.15) is 0 Å². The standard InChI is InChI=1S/C9H18NO/c1-7(5-8(10)11)6-9(2,3)4/h7,10H,5-6H2,1-4H3. The molecule has 0 aliphatic rings. The van der Waals surface area contributed by atoms with E-state index in [2.05, 4.69) is 20.8 Å². The Morgan fingerprint density at radius 1 is 1.45 bits per heavy atom. The summed E-state index contributed by atoms with van der Waals surface area (Å²) in [7, 11) is 0. The largest absolute Gasteiger partial charge is 0.273 e. The first-order valence-electron chi connectivity index (χ1n) is 4.06. The van der Waals surface area contributed by atoms with Crippen LogP contribution in [-0.2, 0) is 4.79 Å². The van der Waals surface area contributed by atoms with Crippen LogP contribution < -0.4 is 5.73 Å². The number of carbonyl (C=O) groups is 1. The molecule has 0 aliphatic heterocycles. The van der Waals surface area contributed by atoms with E-state index in [0.29, 0.717) is 12.3 Å². The van der Waals surface area contributed by atoms with Crippen molar-refractivity contribution in [3.63, 3.8) is 0 Å². The SMILES string of the molecule is CC(CC([NH])=O)CC(C)(C)C. The molecular formula is C9H18NO. The first kappa shape index (κ1) is 10.5. The van der Waals surface area contributed by atoms with Crippen LogP contribution in [0.5, 0.6) is 0 Å². The van der Waals surface area contributed by atoms with E-state index in [0.717, 1.165) is 6.42 Å². The van der Waals surface area contributed by atoms with Gasteiger partial charge in [-0.1, -0.05) is 27.7 Å². The van der Waals surface area contributed by atoms with E-state index < -0.39 is 5.91 Å². The van der Waals surface area contributed by atoms with Gasteiger partial charge in [0.1, 0.15) is 0 Å². The Kier molecular flexibility index (Phi) is 3.56. The fourth-order valence-electron chi connectivity index (χ4n) is 1.43. The highest BCUT2D eigenvalue weighted by molar-refractivity contribution is 5.73. The maximum atomic E-state index is 10.4. The number of nitrogens with one attached hydrogen (secondary N) is 1. The van der Waals surface area contributed by atoms with Crippen LogP contribution in [0.4, 0.5) is 0 Å². The van der Waals surface area contributed by atoms with Crippen molar-refractivity contribution in [3.05, 3.63) is 0 Å². The van der Waals surface area contributed by atoms with Crippen LogP contribution in [0, 0.1) is 11.3 Å². The molecule has 1 radical (unpaired) electrons. The van der Waals surface area contributed by atoms with Gasteiger partial charge in [0.05, 0.1) is 0 Å². The monoisotopic (exact) mass is 156 g/mol. The van der Waals surface area contributed by atoms with E-state index in [1.54, 1.807) is 0 Å². The Morgan fingerprint density at radius 2 is 1.91 bits per heavy atom. The summed E-state index contributed by atoms with van der Waals surface area (Å²) in [6.07, 6.45) is 1.41. The van der Waals surface area contributed by atoms with E-state index in [9.17, 15) is 4.79 Å². The second-order valence-corrected chi connectivity index (χ2v) is 4.50. The van der Waals surface area contributed by atoms with E-state index in [4.69, 9.17) is 5.73 Å². The maximum Gasteiger partial charge on any atom is 0.238 e. The van der Waals surface area contributed by atoms with E-state index in [1.165, 1.54) is 0 Å². The van der Waals surface area contributed by atoms with Crippen LogP contribution in [0.2, 0.25) is 0 Å². The lowest BCUT2D eigenvalue weighted by Gasteiger charge is -2.21. The molecule has 0 heterocycles. The van der Waals surface area contributed by atoms with Crippen molar-refractivity contribution in [3.8, 4) is 0 Å². The maximum absolute atomic E-state index is 10.4. The molecule has 0 aromatic rings. The molecule has 11 heavy (non-hydrogen) atoms. The Balaban J connectivity index is 3.69. The number of carbonyl (C=O) groups excluding carboxylic acids is 1. The molecule has 0 aliphatic carbocycles. The van der Waals surface area contributed by atoms with E-state index >= 15 is 0 Å². The average molecular weight is 156 g/mol. The molecule has 0 aromatic heterocycles. The number of hydrogen-bond donors (Lipinski definition) is 0. The molecule has 1 amide bonds. The minimum atomic E-state index is -0.443. The average Bonchev–Trinajstić information content (AvgIpc) is 1.53. The first-order chi connectivity index (χ1) is 4.81. The molecule has 2 heteroatoms.